The number of benzene rings is 3. The van der Waals surface area contributed by atoms with Gasteiger partial charge in [-0.1, -0.05) is 48.0 Å². The van der Waals surface area contributed by atoms with Gasteiger partial charge in [0, 0.05) is 17.5 Å². The van der Waals surface area contributed by atoms with E-state index < -0.39 is 0 Å². The van der Waals surface area contributed by atoms with E-state index in [1.54, 1.807) is 0 Å². The lowest BCUT2D eigenvalue weighted by Gasteiger charge is -2.38. The lowest BCUT2D eigenvalue weighted by atomic mass is 9.95. The van der Waals surface area contributed by atoms with Crippen LogP contribution in [0.3, 0.4) is 0 Å². The highest BCUT2D eigenvalue weighted by atomic mass is 16.5. The Morgan fingerprint density at radius 1 is 0.967 bits per heavy atom. The number of fused-ring (bicyclic) bond motifs is 3. The number of nitrogens with zero attached hydrogens (tertiary/aromatic N) is 2. The van der Waals surface area contributed by atoms with Crippen LogP contribution in [-0.4, -0.2) is 16.8 Å². The fraction of sp³-hybridized carbons (Fsp3) is 0.269. The van der Waals surface area contributed by atoms with Gasteiger partial charge in [-0.2, -0.15) is 5.10 Å². The molecule has 2 aliphatic heterocycles. The zero-order chi connectivity index (χ0) is 20.7. The van der Waals surface area contributed by atoms with Gasteiger partial charge in [0.1, 0.15) is 11.5 Å². The van der Waals surface area contributed by atoms with E-state index in [9.17, 15) is 0 Å². The first-order valence-corrected chi connectivity index (χ1v) is 10.5. The minimum Gasteiger partial charge on any atom is -0.491 e. The van der Waals surface area contributed by atoms with Crippen LogP contribution < -0.4 is 9.47 Å². The van der Waals surface area contributed by atoms with E-state index in [-0.39, 0.29) is 18.4 Å². The molecule has 0 saturated heterocycles. The van der Waals surface area contributed by atoms with E-state index in [0.717, 1.165) is 29.2 Å². The van der Waals surface area contributed by atoms with Crippen LogP contribution in [0.4, 0.5) is 0 Å². The molecule has 0 saturated carbocycles. The standard InChI is InChI=1S/C26H26N2O2/c1-17(2)29-21-14-12-20(13-15-21)26-28-24(22-6-4-5-7-25(22)30-26)16-23(27-28)19-10-8-18(3)9-11-19/h4-15,17,24,26H,16H2,1-3H3/t24-,26+/m1/s1. The Morgan fingerprint density at radius 2 is 1.70 bits per heavy atom. The van der Waals surface area contributed by atoms with Crippen LogP contribution >= 0.6 is 0 Å². The van der Waals surface area contributed by atoms with Gasteiger partial charge in [0.25, 0.3) is 0 Å². The molecule has 4 heteroatoms. The average molecular weight is 399 g/mol. The second-order valence-corrected chi connectivity index (χ2v) is 8.26. The van der Waals surface area contributed by atoms with Crippen LogP contribution in [0.5, 0.6) is 11.5 Å². The molecule has 2 heterocycles. The molecule has 0 aliphatic carbocycles. The molecule has 4 nitrogen and oxygen atoms in total. The Bertz CT molecular complexity index is 1070. The second kappa shape index (κ2) is 7.52. The van der Waals surface area contributed by atoms with Crippen LogP contribution in [0, 0.1) is 6.92 Å². The zero-order valence-corrected chi connectivity index (χ0v) is 17.6. The van der Waals surface area contributed by atoms with Crippen LogP contribution in [0.1, 0.15) is 54.8 Å². The van der Waals surface area contributed by atoms with E-state index >= 15 is 0 Å². The Morgan fingerprint density at radius 3 is 2.43 bits per heavy atom. The van der Waals surface area contributed by atoms with E-state index in [4.69, 9.17) is 14.6 Å². The third kappa shape index (κ3) is 3.43. The monoisotopic (exact) mass is 398 g/mol. The maximum Gasteiger partial charge on any atom is 0.213 e. The normalized spacial score (nSPS) is 19.7. The smallest absolute Gasteiger partial charge is 0.213 e. The van der Waals surface area contributed by atoms with Gasteiger partial charge in [0.15, 0.2) is 0 Å². The summed E-state index contributed by atoms with van der Waals surface area (Å²) in [6.45, 7) is 6.17. The van der Waals surface area contributed by atoms with Crippen molar-refractivity contribution in [2.75, 3.05) is 0 Å². The van der Waals surface area contributed by atoms with Crippen LogP contribution in [0.25, 0.3) is 0 Å². The predicted octanol–water partition coefficient (Wildman–Crippen LogP) is 6.02. The molecule has 0 N–H and O–H groups in total. The maximum absolute atomic E-state index is 6.43. The summed E-state index contributed by atoms with van der Waals surface area (Å²) in [7, 11) is 0. The predicted molar refractivity (Wildman–Crippen MR) is 119 cm³/mol. The van der Waals surface area contributed by atoms with Crippen molar-refractivity contribution in [3.8, 4) is 11.5 Å². The Labute approximate surface area is 177 Å². The average Bonchev–Trinajstić information content (AvgIpc) is 3.20. The fourth-order valence-corrected chi connectivity index (χ4v) is 4.16. The summed E-state index contributed by atoms with van der Waals surface area (Å²) >= 11 is 0. The SMILES string of the molecule is Cc1ccc(C2=NN3[C@H](C2)c2ccccc2O[C@H]3c2ccc(OC(C)C)cc2)cc1. The van der Waals surface area contributed by atoms with Crippen molar-refractivity contribution in [2.24, 2.45) is 5.10 Å². The molecule has 0 aromatic heterocycles. The van der Waals surface area contributed by atoms with Crippen molar-refractivity contribution in [1.29, 1.82) is 0 Å². The van der Waals surface area contributed by atoms with Crippen molar-refractivity contribution in [2.45, 2.75) is 45.6 Å². The van der Waals surface area contributed by atoms with Crippen molar-refractivity contribution in [3.05, 3.63) is 95.1 Å². The molecule has 2 aliphatic rings. The molecule has 3 aromatic rings. The highest BCUT2D eigenvalue weighted by molar-refractivity contribution is 6.02. The van der Waals surface area contributed by atoms with E-state index in [1.807, 2.05) is 32.0 Å². The quantitative estimate of drug-likeness (QED) is 0.538. The van der Waals surface area contributed by atoms with E-state index in [2.05, 4.69) is 66.5 Å². The summed E-state index contributed by atoms with van der Waals surface area (Å²) in [5.74, 6) is 1.80. The van der Waals surface area contributed by atoms with Gasteiger partial charge >= 0.3 is 0 Å². The first kappa shape index (κ1) is 18.7. The zero-order valence-electron chi connectivity index (χ0n) is 17.6. The lowest BCUT2D eigenvalue weighted by Crippen LogP contribution is -2.33. The Kier molecular flexibility index (Phi) is 4.70. The number of hydrogen-bond donors (Lipinski definition) is 0. The number of rotatable bonds is 4. The number of hydrogen-bond acceptors (Lipinski definition) is 4. The van der Waals surface area contributed by atoms with E-state index in [1.165, 1.54) is 16.7 Å². The Balaban J connectivity index is 1.51. The molecule has 30 heavy (non-hydrogen) atoms. The molecule has 3 aromatic carbocycles. The maximum atomic E-state index is 6.43. The largest absolute Gasteiger partial charge is 0.491 e. The molecule has 2 atom stereocenters. The van der Waals surface area contributed by atoms with Crippen LogP contribution in [-0.2, 0) is 0 Å². The van der Waals surface area contributed by atoms with Gasteiger partial charge in [-0.05, 0) is 56.7 Å². The Hall–Kier alpha value is -3.27. The first-order valence-electron chi connectivity index (χ1n) is 10.5. The molecule has 0 spiro atoms. The molecular formula is C26H26N2O2. The van der Waals surface area contributed by atoms with Gasteiger partial charge in [0.2, 0.25) is 6.23 Å². The number of aryl methyl sites for hydroxylation is 1. The first-order chi connectivity index (χ1) is 14.6. The molecule has 0 bridgehead atoms. The van der Waals surface area contributed by atoms with Gasteiger partial charge in [-0.15, -0.1) is 0 Å². The summed E-state index contributed by atoms with van der Waals surface area (Å²) in [6, 6.07) is 25.3. The summed E-state index contributed by atoms with van der Waals surface area (Å²) in [5.41, 5.74) is 5.79. The van der Waals surface area contributed by atoms with Gasteiger partial charge < -0.3 is 9.47 Å². The van der Waals surface area contributed by atoms with Crippen LogP contribution in [0.2, 0.25) is 0 Å². The minimum absolute atomic E-state index is 0.151. The molecular weight excluding hydrogens is 372 g/mol. The fourth-order valence-electron chi connectivity index (χ4n) is 4.16. The van der Waals surface area contributed by atoms with Crippen molar-refractivity contribution in [3.63, 3.8) is 0 Å². The van der Waals surface area contributed by atoms with Gasteiger partial charge in [0.05, 0.1) is 17.9 Å². The van der Waals surface area contributed by atoms with Crippen LogP contribution in [0.15, 0.2) is 77.9 Å². The lowest BCUT2D eigenvalue weighted by molar-refractivity contribution is -0.0190. The third-order valence-corrected chi connectivity index (χ3v) is 5.62. The topological polar surface area (TPSA) is 34.1 Å². The second-order valence-electron chi connectivity index (χ2n) is 8.26. The van der Waals surface area contributed by atoms with Gasteiger partial charge in [-0.25, -0.2) is 5.01 Å². The van der Waals surface area contributed by atoms with Gasteiger partial charge in [-0.3, -0.25) is 0 Å². The highest BCUT2D eigenvalue weighted by Crippen LogP contribution is 2.47. The summed E-state index contributed by atoms with van der Waals surface area (Å²) in [5, 5.41) is 7.15. The third-order valence-electron chi connectivity index (χ3n) is 5.62. The van der Waals surface area contributed by atoms with Crippen molar-refractivity contribution >= 4 is 5.71 Å². The van der Waals surface area contributed by atoms with Crippen molar-refractivity contribution in [1.82, 2.24) is 5.01 Å². The molecule has 0 fully saturated rings. The molecule has 0 amide bonds. The number of para-hydroxylation sites is 1. The molecule has 0 radical (unpaired) electrons. The molecule has 0 unspecified atom stereocenters. The summed E-state index contributed by atoms with van der Waals surface area (Å²) in [6.07, 6.45) is 0.758. The van der Waals surface area contributed by atoms with E-state index in [0.29, 0.717) is 0 Å². The minimum atomic E-state index is -0.263. The number of ether oxygens (including phenoxy) is 2. The summed E-state index contributed by atoms with van der Waals surface area (Å²) in [4.78, 5) is 0. The van der Waals surface area contributed by atoms with Crippen molar-refractivity contribution < 1.29 is 9.47 Å². The summed E-state index contributed by atoms with van der Waals surface area (Å²) < 4.78 is 12.2. The highest BCUT2D eigenvalue weighted by Gasteiger charge is 2.40. The molecule has 152 valence electrons. The molecule has 5 rings (SSSR count). The number of hydrazone groups is 1.